The number of nitrogens with one attached hydrogen (secondary N) is 1. The molecule has 0 spiro atoms. The van der Waals surface area contributed by atoms with Gasteiger partial charge >= 0.3 is 5.97 Å². The van der Waals surface area contributed by atoms with Crippen molar-refractivity contribution in [2.45, 2.75) is 19.0 Å². The molecule has 0 unspecified atom stereocenters. The topological polar surface area (TPSA) is 92.7 Å². The zero-order valence-electron chi connectivity index (χ0n) is 23.7. The van der Waals surface area contributed by atoms with Crippen molar-refractivity contribution in [3.8, 4) is 11.5 Å². The van der Waals surface area contributed by atoms with E-state index in [1.54, 1.807) is 39.3 Å². The van der Waals surface area contributed by atoms with E-state index in [0.29, 0.717) is 36.1 Å². The molecule has 2 aliphatic rings. The fraction of sp³-hybridized carbons (Fsp3) is 0.344. The molecule has 3 aromatic rings. The molecule has 3 aromatic carbocycles. The van der Waals surface area contributed by atoms with E-state index in [2.05, 4.69) is 63.6 Å². The Bertz CT molecular complexity index is 1330. The number of methoxy groups -OCH3 is 2. The van der Waals surface area contributed by atoms with E-state index in [1.165, 1.54) is 11.1 Å². The molecule has 2 atom stereocenters. The zero-order valence-corrected chi connectivity index (χ0v) is 23.7. The van der Waals surface area contributed by atoms with Crippen LogP contribution in [-0.4, -0.2) is 74.6 Å². The van der Waals surface area contributed by atoms with Crippen LogP contribution in [-0.2, 0) is 14.3 Å². The third kappa shape index (κ3) is 6.05. The molecule has 1 amide bonds. The molecule has 1 N–H and O–H groups in total. The first-order valence-electron chi connectivity index (χ1n) is 13.9. The maximum absolute atomic E-state index is 13.4. The lowest BCUT2D eigenvalue weighted by molar-refractivity contribution is -0.153. The summed E-state index contributed by atoms with van der Waals surface area (Å²) in [6, 6.07) is 25.7. The molecular weight excluding hydrogens is 520 g/mol. The first-order valence-corrected chi connectivity index (χ1v) is 13.9. The molecule has 41 heavy (non-hydrogen) atoms. The number of guanidine groups is 1. The maximum atomic E-state index is 13.4. The molecule has 0 aliphatic carbocycles. The summed E-state index contributed by atoms with van der Waals surface area (Å²) in [5.74, 6) is -0.634. The Balaban J connectivity index is 1.41. The van der Waals surface area contributed by atoms with Gasteiger partial charge in [0.25, 0.3) is 0 Å². The van der Waals surface area contributed by atoms with Crippen LogP contribution in [0.25, 0.3) is 0 Å². The van der Waals surface area contributed by atoms with Crippen molar-refractivity contribution in [2.75, 3.05) is 47.0 Å². The van der Waals surface area contributed by atoms with Gasteiger partial charge in [-0.05, 0) is 35.7 Å². The van der Waals surface area contributed by atoms with Gasteiger partial charge < -0.3 is 19.1 Å². The minimum absolute atomic E-state index is 0.121. The maximum Gasteiger partial charge on any atom is 0.321 e. The number of nitrogens with zero attached hydrogens (tertiary/aromatic N) is 3. The Morgan fingerprint density at radius 2 is 1.51 bits per heavy atom. The second kappa shape index (κ2) is 12.9. The first-order chi connectivity index (χ1) is 20.0. The van der Waals surface area contributed by atoms with Gasteiger partial charge in [-0.25, -0.2) is 4.99 Å². The van der Waals surface area contributed by atoms with Crippen LogP contribution in [0.5, 0.6) is 11.5 Å². The van der Waals surface area contributed by atoms with Gasteiger partial charge in [0.15, 0.2) is 17.4 Å². The summed E-state index contributed by atoms with van der Waals surface area (Å²) in [7, 11) is 3.10. The van der Waals surface area contributed by atoms with Crippen molar-refractivity contribution in [1.82, 2.24) is 15.1 Å². The fourth-order valence-corrected chi connectivity index (χ4v) is 5.58. The molecule has 214 valence electrons. The molecule has 0 saturated carbocycles. The van der Waals surface area contributed by atoms with E-state index < -0.39 is 23.8 Å². The number of carbonyl (C=O) groups is 2. The minimum Gasteiger partial charge on any atom is -0.493 e. The minimum atomic E-state index is -1.11. The molecule has 2 heterocycles. The van der Waals surface area contributed by atoms with E-state index in [4.69, 9.17) is 19.2 Å². The number of ether oxygens (including phenoxy) is 3. The predicted octanol–water partition coefficient (Wildman–Crippen LogP) is 3.82. The van der Waals surface area contributed by atoms with Crippen molar-refractivity contribution < 1.29 is 23.8 Å². The van der Waals surface area contributed by atoms with E-state index in [-0.39, 0.29) is 12.6 Å². The Morgan fingerprint density at radius 3 is 2.07 bits per heavy atom. The average molecular weight is 557 g/mol. The van der Waals surface area contributed by atoms with Crippen LogP contribution in [0.2, 0.25) is 0 Å². The highest BCUT2D eigenvalue weighted by Crippen LogP contribution is 2.37. The molecule has 0 bridgehead atoms. The molecule has 1 fully saturated rings. The highest BCUT2D eigenvalue weighted by molar-refractivity contribution is 6.08. The van der Waals surface area contributed by atoms with Gasteiger partial charge in [-0.3, -0.25) is 19.8 Å². The number of rotatable bonds is 8. The van der Waals surface area contributed by atoms with Gasteiger partial charge in [-0.15, -0.1) is 0 Å². The smallest absolute Gasteiger partial charge is 0.321 e. The van der Waals surface area contributed by atoms with Crippen molar-refractivity contribution in [1.29, 1.82) is 0 Å². The van der Waals surface area contributed by atoms with Crippen molar-refractivity contribution in [3.05, 3.63) is 95.6 Å². The number of piperazine rings is 1. The van der Waals surface area contributed by atoms with E-state index >= 15 is 0 Å². The predicted molar refractivity (Wildman–Crippen MR) is 156 cm³/mol. The SMILES string of the molecule is CCOC(=O)[C@@H]1C(=O)NC(N2CCN(C(c3ccccc3)c3ccccc3)CC2)=N[C@@H]1c1ccc(OC)c(OC)c1. The molecule has 0 aromatic heterocycles. The third-order valence-corrected chi connectivity index (χ3v) is 7.59. The van der Waals surface area contributed by atoms with Crippen molar-refractivity contribution in [3.63, 3.8) is 0 Å². The monoisotopic (exact) mass is 556 g/mol. The van der Waals surface area contributed by atoms with E-state index in [9.17, 15) is 9.59 Å². The second-order valence-corrected chi connectivity index (χ2v) is 9.98. The molecular formula is C32H36N4O5. The quantitative estimate of drug-likeness (QED) is 0.333. The van der Waals surface area contributed by atoms with Gasteiger partial charge in [0.1, 0.15) is 6.04 Å². The Kier molecular flexibility index (Phi) is 8.84. The lowest BCUT2D eigenvalue weighted by Crippen LogP contribution is -2.57. The third-order valence-electron chi connectivity index (χ3n) is 7.59. The van der Waals surface area contributed by atoms with E-state index in [0.717, 1.165) is 13.1 Å². The lowest BCUT2D eigenvalue weighted by atomic mass is 9.91. The standard InChI is InChI=1S/C32H36N4O5/c1-4-41-31(38)27-28(24-15-16-25(39-2)26(21-24)40-3)33-32(34-30(27)37)36-19-17-35(18-20-36)29(22-11-7-5-8-12-22)23-13-9-6-10-14-23/h5-16,21,27-29H,4,17-20H2,1-3H3,(H,33,34,37)/t27-,28+/m0/s1. The number of amides is 1. The van der Waals surface area contributed by atoms with Crippen LogP contribution in [0.4, 0.5) is 0 Å². The van der Waals surface area contributed by atoms with Crippen LogP contribution < -0.4 is 14.8 Å². The number of aliphatic imine (C=N–C) groups is 1. The largest absolute Gasteiger partial charge is 0.493 e. The summed E-state index contributed by atoms with van der Waals surface area (Å²) < 4.78 is 16.1. The molecule has 5 rings (SSSR count). The first kappa shape index (κ1) is 28.2. The second-order valence-electron chi connectivity index (χ2n) is 9.98. The van der Waals surface area contributed by atoms with Crippen LogP contribution in [0.1, 0.15) is 35.7 Å². The average Bonchev–Trinajstić information content (AvgIpc) is 3.02. The van der Waals surface area contributed by atoms with Gasteiger partial charge in [0.2, 0.25) is 11.9 Å². The highest BCUT2D eigenvalue weighted by atomic mass is 16.5. The van der Waals surface area contributed by atoms with Gasteiger partial charge in [0, 0.05) is 26.2 Å². The summed E-state index contributed by atoms with van der Waals surface area (Å²) in [5, 5.41) is 2.90. The number of hydrogen-bond acceptors (Lipinski definition) is 8. The number of hydrogen-bond donors (Lipinski definition) is 1. The summed E-state index contributed by atoms with van der Waals surface area (Å²) in [6.07, 6.45) is 0. The Hall–Kier alpha value is -4.37. The molecule has 0 radical (unpaired) electrons. The Labute approximate surface area is 240 Å². The lowest BCUT2D eigenvalue weighted by Gasteiger charge is -2.42. The molecule has 1 saturated heterocycles. The number of benzene rings is 3. The summed E-state index contributed by atoms with van der Waals surface area (Å²) in [5.41, 5.74) is 3.14. The Morgan fingerprint density at radius 1 is 0.902 bits per heavy atom. The molecule has 9 nitrogen and oxygen atoms in total. The van der Waals surface area contributed by atoms with E-state index in [1.807, 2.05) is 12.1 Å². The normalized spacial score (nSPS) is 19.4. The molecule has 2 aliphatic heterocycles. The van der Waals surface area contributed by atoms with Crippen molar-refractivity contribution >= 4 is 17.8 Å². The summed E-state index contributed by atoms with van der Waals surface area (Å²) >= 11 is 0. The number of esters is 1. The van der Waals surface area contributed by atoms with Gasteiger partial charge in [-0.2, -0.15) is 0 Å². The van der Waals surface area contributed by atoms with Crippen molar-refractivity contribution in [2.24, 2.45) is 10.9 Å². The van der Waals surface area contributed by atoms with Gasteiger partial charge in [0.05, 0.1) is 26.9 Å². The van der Waals surface area contributed by atoms with Gasteiger partial charge in [-0.1, -0.05) is 66.7 Å². The summed E-state index contributed by atoms with van der Waals surface area (Å²) in [4.78, 5) is 35.8. The molecule has 9 heteroatoms. The van der Waals surface area contributed by atoms with Crippen LogP contribution in [0.15, 0.2) is 83.9 Å². The zero-order chi connectivity index (χ0) is 28.8. The highest BCUT2D eigenvalue weighted by Gasteiger charge is 2.42. The summed E-state index contributed by atoms with van der Waals surface area (Å²) in [6.45, 7) is 4.76. The fourth-order valence-electron chi connectivity index (χ4n) is 5.58. The van der Waals surface area contributed by atoms with Crippen LogP contribution in [0, 0.1) is 5.92 Å². The van der Waals surface area contributed by atoms with Crippen LogP contribution >= 0.6 is 0 Å². The number of carbonyl (C=O) groups excluding carboxylic acids is 2. The van der Waals surface area contributed by atoms with Crippen LogP contribution in [0.3, 0.4) is 0 Å².